The van der Waals surface area contributed by atoms with Gasteiger partial charge >= 0.3 is 6.04 Å². The van der Waals surface area contributed by atoms with Crippen molar-refractivity contribution in [3.8, 4) is 11.5 Å². The van der Waals surface area contributed by atoms with Crippen LogP contribution in [0.1, 0.15) is 11.1 Å². The molecule has 1 radical (unpaired) electrons. The van der Waals surface area contributed by atoms with Crippen molar-refractivity contribution in [2.45, 2.75) is 6.42 Å². The zero-order valence-corrected chi connectivity index (χ0v) is 11.9. The smallest absolute Gasteiger partial charge is 0.324 e. The Morgan fingerprint density at radius 2 is 1.71 bits per heavy atom. The van der Waals surface area contributed by atoms with Crippen LogP contribution < -0.4 is 9.47 Å². The molecule has 2 aromatic carbocycles. The molecule has 0 amide bonds. The van der Waals surface area contributed by atoms with Gasteiger partial charge in [0.05, 0.1) is 20.6 Å². The van der Waals surface area contributed by atoms with Crippen molar-refractivity contribution in [2.24, 2.45) is 0 Å². The summed E-state index contributed by atoms with van der Waals surface area (Å²) in [6.45, 7) is 0. The van der Waals surface area contributed by atoms with Crippen LogP contribution in [0.3, 0.4) is 0 Å². The molecule has 2 rings (SSSR count). The standard InChI is InChI=1S/C16H16NO4/c1-20-15-9-8-12(11-16(15)21-2)10-14(17(18)19)13-6-4-3-5-7-13/h3-9,11H,10H2,1-2H3. The fourth-order valence-corrected chi connectivity index (χ4v) is 2.09. The predicted molar refractivity (Wildman–Crippen MR) is 79.0 cm³/mol. The number of rotatable bonds is 6. The summed E-state index contributed by atoms with van der Waals surface area (Å²) in [5.74, 6) is 1.16. The van der Waals surface area contributed by atoms with Gasteiger partial charge < -0.3 is 9.47 Å². The molecule has 0 fully saturated rings. The van der Waals surface area contributed by atoms with Crippen molar-refractivity contribution in [3.63, 3.8) is 0 Å². The molecule has 0 aromatic heterocycles. The van der Waals surface area contributed by atoms with E-state index >= 15 is 0 Å². The summed E-state index contributed by atoms with van der Waals surface area (Å²) in [6.07, 6.45) is 0.220. The van der Waals surface area contributed by atoms with Crippen molar-refractivity contribution >= 4 is 0 Å². The molecule has 21 heavy (non-hydrogen) atoms. The van der Waals surface area contributed by atoms with E-state index in [0.717, 1.165) is 5.56 Å². The normalized spacial score (nSPS) is 10.4. The summed E-state index contributed by atoms with van der Waals surface area (Å²) in [5.41, 5.74) is 1.40. The second kappa shape index (κ2) is 6.74. The lowest BCUT2D eigenvalue weighted by atomic mass is 9.99. The molecular formula is C16H16NO4. The van der Waals surface area contributed by atoms with Crippen molar-refractivity contribution in [1.29, 1.82) is 0 Å². The zero-order chi connectivity index (χ0) is 15.2. The number of nitrogens with zero attached hydrogens (tertiary/aromatic N) is 1. The van der Waals surface area contributed by atoms with Crippen molar-refractivity contribution in [2.75, 3.05) is 14.2 Å². The van der Waals surface area contributed by atoms with Crippen LogP contribution in [-0.4, -0.2) is 19.1 Å². The Labute approximate surface area is 123 Å². The van der Waals surface area contributed by atoms with E-state index in [1.165, 1.54) is 7.11 Å². The minimum atomic E-state index is -0.341. The van der Waals surface area contributed by atoms with E-state index in [1.807, 2.05) is 6.07 Å². The van der Waals surface area contributed by atoms with E-state index in [0.29, 0.717) is 17.1 Å². The van der Waals surface area contributed by atoms with E-state index in [4.69, 9.17) is 9.47 Å². The number of hydrogen-bond donors (Lipinski definition) is 0. The fraction of sp³-hybridized carbons (Fsp3) is 0.188. The average molecular weight is 286 g/mol. The largest absolute Gasteiger partial charge is 0.493 e. The first-order chi connectivity index (χ1) is 10.2. The van der Waals surface area contributed by atoms with Gasteiger partial charge in [-0.3, -0.25) is 10.1 Å². The molecule has 0 spiro atoms. The van der Waals surface area contributed by atoms with Gasteiger partial charge in [0.15, 0.2) is 11.5 Å². The molecule has 0 aliphatic carbocycles. The van der Waals surface area contributed by atoms with Crippen LogP contribution in [0.4, 0.5) is 0 Å². The minimum absolute atomic E-state index is 0.155. The van der Waals surface area contributed by atoms with Crippen LogP contribution in [0, 0.1) is 16.2 Å². The highest BCUT2D eigenvalue weighted by atomic mass is 16.6. The van der Waals surface area contributed by atoms with Crippen LogP contribution in [0.2, 0.25) is 0 Å². The van der Waals surface area contributed by atoms with Crippen LogP contribution in [0.25, 0.3) is 0 Å². The van der Waals surface area contributed by atoms with Crippen LogP contribution in [-0.2, 0) is 6.42 Å². The quantitative estimate of drug-likeness (QED) is 0.604. The maximum Gasteiger partial charge on any atom is 0.324 e. The monoisotopic (exact) mass is 286 g/mol. The number of methoxy groups -OCH3 is 2. The molecule has 0 atom stereocenters. The maximum absolute atomic E-state index is 11.3. The van der Waals surface area contributed by atoms with Gasteiger partial charge in [0.25, 0.3) is 0 Å². The summed E-state index contributed by atoms with van der Waals surface area (Å²) in [4.78, 5) is 11.0. The SMILES string of the molecule is COc1ccc(C[C](c2ccccc2)[N+](=O)[O-])cc1OC. The molecule has 5 nitrogen and oxygen atoms in total. The van der Waals surface area contributed by atoms with Gasteiger partial charge in [0.1, 0.15) is 0 Å². The third kappa shape index (κ3) is 3.51. The molecule has 0 aliphatic heterocycles. The molecule has 0 saturated carbocycles. The molecule has 109 valence electrons. The Morgan fingerprint density at radius 1 is 1.05 bits per heavy atom. The van der Waals surface area contributed by atoms with E-state index < -0.39 is 0 Å². The highest BCUT2D eigenvalue weighted by Gasteiger charge is 2.26. The Bertz CT molecular complexity index is 613. The van der Waals surface area contributed by atoms with E-state index in [9.17, 15) is 10.1 Å². The number of benzene rings is 2. The Morgan fingerprint density at radius 3 is 2.29 bits per heavy atom. The van der Waals surface area contributed by atoms with Gasteiger partial charge in [-0.15, -0.1) is 0 Å². The lowest BCUT2D eigenvalue weighted by Gasteiger charge is -2.11. The van der Waals surface area contributed by atoms with Gasteiger partial charge in [-0.25, -0.2) is 0 Å². The molecule has 0 unspecified atom stereocenters. The molecular weight excluding hydrogens is 270 g/mol. The topological polar surface area (TPSA) is 61.6 Å². The van der Waals surface area contributed by atoms with Crippen LogP contribution >= 0.6 is 0 Å². The summed E-state index contributed by atoms with van der Waals surface area (Å²) in [6, 6.07) is 14.3. The van der Waals surface area contributed by atoms with Crippen molar-refractivity contribution in [1.82, 2.24) is 0 Å². The summed E-state index contributed by atoms with van der Waals surface area (Å²) in [7, 11) is 3.09. The molecule has 0 aliphatic rings. The first-order valence-corrected chi connectivity index (χ1v) is 6.42. The lowest BCUT2D eigenvalue weighted by molar-refractivity contribution is -0.459. The van der Waals surface area contributed by atoms with Crippen LogP contribution in [0.5, 0.6) is 11.5 Å². The van der Waals surface area contributed by atoms with E-state index in [-0.39, 0.29) is 17.4 Å². The lowest BCUT2D eigenvalue weighted by Crippen LogP contribution is -2.14. The molecule has 0 saturated heterocycles. The molecule has 5 heteroatoms. The highest BCUT2D eigenvalue weighted by molar-refractivity contribution is 5.44. The van der Waals surface area contributed by atoms with Crippen molar-refractivity contribution < 1.29 is 14.4 Å². The Kier molecular flexibility index (Phi) is 4.77. The minimum Gasteiger partial charge on any atom is -0.493 e. The number of hydrogen-bond acceptors (Lipinski definition) is 4. The average Bonchev–Trinajstić information content (AvgIpc) is 2.52. The van der Waals surface area contributed by atoms with Crippen LogP contribution in [0.15, 0.2) is 48.5 Å². The second-order valence-corrected chi connectivity index (χ2v) is 4.44. The fourth-order valence-electron chi connectivity index (χ4n) is 2.09. The molecule has 0 bridgehead atoms. The highest BCUT2D eigenvalue weighted by Crippen LogP contribution is 2.30. The van der Waals surface area contributed by atoms with Crippen molar-refractivity contribution in [3.05, 3.63) is 75.8 Å². The zero-order valence-electron chi connectivity index (χ0n) is 11.9. The first kappa shape index (κ1) is 14.8. The number of ether oxygens (including phenoxy) is 2. The first-order valence-electron chi connectivity index (χ1n) is 6.42. The predicted octanol–water partition coefficient (Wildman–Crippen LogP) is 3.10. The third-order valence-corrected chi connectivity index (χ3v) is 3.15. The number of nitro groups is 1. The molecule has 0 heterocycles. The van der Waals surface area contributed by atoms with Gasteiger partial charge in [0.2, 0.25) is 0 Å². The van der Waals surface area contributed by atoms with Gasteiger partial charge in [0, 0.05) is 10.5 Å². The molecule has 2 aromatic rings. The summed E-state index contributed by atoms with van der Waals surface area (Å²) in [5, 5.41) is 11.3. The Balaban J connectivity index is 2.28. The van der Waals surface area contributed by atoms with E-state index in [1.54, 1.807) is 49.6 Å². The summed E-state index contributed by atoms with van der Waals surface area (Å²) < 4.78 is 10.4. The third-order valence-electron chi connectivity index (χ3n) is 3.15. The van der Waals surface area contributed by atoms with Gasteiger partial charge in [-0.05, 0) is 17.7 Å². The van der Waals surface area contributed by atoms with Gasteiger partial charge in [-0.2, -0.15) is 0 Å². The summed E-state index contributed by atoms with van der Waals surface area (Å²) >= 11 is 0. The van der Waals surface area contributed by atoms with Gasteiger partial charge in [-0.1, -0.05) is 36.4 Å². The second-order valence-electron chi connectivity index (χ2n) is 4.44. The Hall–Kier alpha value is -2.56. The molecule has 0 N–H and O–H groups in total. The maximum atomic E-state index is 11.3. The van der Waals surface area contributed by atoms with E-state index in [2.05, 4.69) is 0 Å².